The summed E-state index contributed by atoms with van der Waals surface area (Å²) in [6.07, 6.45) is -2.54. The van der Waals surface area contributed by atoms with E-state index in [1.54, 1.807) is 12.1 Å². The Bertz CT molecular complexity index is 583. The zero-order chi connectivity index (χ0) is 15.4. The quantitative estimate of drug-likeness (QED) is 0.814. The lowest BCUT2D eigenvalue weighted by Crippen LogP contribution is -2.31. The van der Waals surface area contributed by atoms with Gasteiger partial charge in [0.25, 0.3) is 6.43 Å². The fourth-order valence-corrected chi connectivity index (χ4v) is 2.34. The molecular formula is C17H20F2N2. The van der Waals surface area contributed by atoms with Crippen LogP contribution in [-0.4, -0.2) is 6.04 Å². The maximum Gasteiger partial charge on any atom is 0.265 e. The van der Waals surface area contributed by atoms with Gasteiger partial charge in [-0.25, -0.2) is 8.78 Å². The van der Waals surface area contributed by atoms with Crippen LogP contribution in [0.3, 0.4) is 0 Å². The lowest BCUT2D eigenvalue weighted by molar-refractivity contribution is 0.151. The molecule has 0 saturated carbocycles. The highest BCUT2D eigenvalue weighted by Crippen LogP contribution is 2.33. The molecule has 0 heterocycles. The van der Waals surface area contributed by atoms with Crippen LogP contribution in [0.15, 0.2) is 48.5 Å². The number of hydrogen-bond donors (Lipinski definition) is 1. The molecule has 0 saturated heterocycles. The summed E-state index contributed by atoms with van der Waals surface area (Å²) in [7, 11) is 0. The Labute approximate surface area is 124 Å². The van der Waals surface area contributed by atoms with E-state index in [0.717, 1.165) is 5.56 Å². The van der Waals surface area contributed by atoms with Gasteiger partial charge in [-0.05, 0) is 37.6 Å². The minimum absolute atomic E-state index is 0.0142. The lowest BCUT2D eigenvalue weighted by Gasteiger charge is -2.31. The molecule has 0 aliphatic rings. The van der Waals surface area contributed by atoms with E-state index in [0.29, 0.717) is 17.9 Å². The molecule has 112 valence electrons. The van der Waals surface area contributed by atoms with Crippen molar-refractivity contribution >= 4 is 11.4 Å². The standard InChI is InChI=1S/C17H20F2N2/c1-12(2)21(11-13-6-4-3-5-7-13)16-9-8-14(20)10-15(16)17(18)19/h3-10,12,17H,11,20H2,1-2H3. The third-order valence-electron chi connectivity index (χ3n) is 3.42. The fourth-order valence-electron chi connectivity index (χ4n) is 2.34. The minimum Gasteiger partial charge on any atom is -0.399 e. The Morgan fingerprint density at radius 2 is 1.71 bits per heavy atom. The largest absolute Gasteiger partial charge is 0.399 e. The molecule has 2 N–H and O–H groups in total. The summed E-state index contributed by atoms with van der Waals surface area (Å²) in [5.41, 5.74) is 7.61. The van der Waals surface area contributed by atoms with Crippen LogP contribution < -0.4 is 10.6 Å². The van der Waals surface area contributed by atoms with Crippen molar-refractivity contribution in [3.63, 3.8) is 0 Å². The number of nitrogens with zero attached hydrogens (tertiary/aromatic N) is 1. The molecule has 4 heteroatoms. The Morgan fingerprint density at radius 1 is 1.05 bits per heavy atom. The van der Waals surface area contributed by atoms with Crippen molar-refractivity contribution in [2.45, 2.75) is 32.9 Å². The first-order valence-electron chi connectivity index (χ1n) is 6.97. The summed E-state index contributed by atoms with van der Waals surface area (Å²) in [5, 5.41) is 0. The van der Waals surface area contributed by atoms with E-state index in [2.05, 4.69) is 0 Å². The number of alkyl halides is 2. The van der Waals surface area contributed by atoms with Gasteiger partial charge in [0.1, 0.15) is 0 Å². The second kappa shape index (κ2) is 6.57. The smallest absolute Gasteiger partial charge is 0.265 e. The molecule has 2 nitrogen and oxygen atoms in total. The highest BCUT2D eigenvalue weighted by molar-refractivity contribution is 5.61. The topological polar surface area (TPSA) is 29.3 Å². The number of hydrogen-bond acceptors (Lipinski definition) is 2. The molecule has 0 atom stereocenters. The van der Waals surface area contributed by atoms with Gasteiger partial charge in [0, 0.05) is 29.5 Å². The summed E-state index contributed by atoms with van der Waals surface area (Å²) in [6.45, 7) is 4.57. The van der Waals surface area contributed by atoms with Crippen molar-refractivity contribution in [3.8, 4) is 0 Å². The van der Waals surface area contributed by atoms with E-state index in [9.17, 15) is 8.78 Å². The minimum atomic E-state index is -2.54. The van der Waals surface area contributed by atoms with Gasteiger partial charge < -0.3 is 10.6 Å². The monoisotopic (exact) mass is 290 g/mol. The molecule has 0 fully saturated rings. The molecule has 2 aromatic rings. The Morgan fingerprint density at radius 3 is 2.29 bits per heavy atom. The molecule has 0 bridgehead atoms. The Hall–Kier alpha value is -2.10. The highest BCUT2D eigenvalue weighted by Gasteiger charge is 2.20. The van der Waals surface area contributed by atoms with Crippen molar-refractivity contribution < 1.29 is 8.78 Å². The molecule has 0 spiro atoms. The molecular weight excluding hydrogens is 270 g/mol. The lowest BCUT2D eigenvalue weighted by atomic mass is 10.1. The van der Waals surface area contributed by atoms with Crippen molar-refractivity contribution in [2.75, 3.05) is 10.6 Å². The zero-order valence-electron chi connectivity index (χ0n) is 12.3. The number of benzene rings is 2. The number of anilines is 2. The Balaban J connectivity index is 2.39. The number of nitrogens with two attached hydrogens (primary N) is 1. The van der Waals surface area contributed by atoms with Gasteiger partial charge in [-0.2, -0.15) is 0 Å². The average Bonchev–Trinajstić information content (AvgIpc) is 2.46. The summed E-state index contributed by atoms with van der Waals surface area (Å²) >= 11 is 0. The van der Waals surface area contributed by atoms with E-state index in [1.807, 2.05) is 49.1 Å². The second-order valence-electron chi connectivity index (χ2n) is 5.33. The predicted octanol–water partition coefficient (Wildman–Crippen LogP) is 4.62. The van der Waals surface area contributed by atoms with Crippen LogP contribution in [0.1, 0.15) is 31.4 Å². The van der Waals surface area contributed by atoms with E-state index in [4.69, 9.17) is 5.73 Å². The van der Waals surface area contributed by atoms with Crippen molar-refractivity contribution in [3.05, 3.63) is 59.7 Å². The van der Waals surface area contributed by atoms with Crippen LogP contribution in [-0.2, 0) is 6.54 Å². The van der Waals surface area contributed by atoms with E-state index in [-0.39, 0.29) is 11.6 Å². The van der Waals surface area contributed by atoms with Crippen LogP contribution in [0.2, 0.25) is 0 Å². The predicted molar refractivity (Wildman–Crippen MR) is 83.6 cm³/mol. The van der Waals surface area contributed by atoms with Crippen molar-refractivity contribution in [1.29, 1.82) is 0 Å². The molecule has 21 heavy (non-hydrogen) atoms. The third-order valence-corrected chi connectivity index (χ3v) is 3.42. The van der Waals surface area contributed by atoms with Crippen LogP contribution in [0.5, 0.6) is 0 Å². The maximum atomic E-state index is 13.3. The van der Waals surface area contributed by atoms with Crippen LogP contribution in [0.4, 0.5) is 20.2 Å². The third kappa shape index (κ3) is 3.72. The Kier molecular flexibility index (Phi) is 4.78. The average molecular weight is 290 g/mol. The summed E-state index contributed by atoms with van der Waals surface area (Å²) in [6, 6.07) is 14.6. The molecule has 0 aliphatic carbocycles. The zero-order valence-corrected chi connectivity index (χ0v) is 12.3. The summed E-state index contributed by atoms with van der Waals surface area (Å²) in [5.74, 6) is 0. The van der Waals surface area contributed by atoms with Gasteiger partial charge in [0.15, 0.2) is 0 Å². The van der Waals surface area contributed by atoms with Crippen LogP contribution in [0.25, 0.3) is 0 Å². The summed E-state index contributed by atoms with van der Waals surface area (Å²) in [4.78, 5) is 1.97. The molecule has 0 amide bonds. The molecule has 0 radical (unpaired) electrons. The van der Waals surface area contributed by atoms with Gasteiger partial charge in [-0.15, -0.1) is 0 Å². The van der Waals surface area contributed by atoms with Gasteiger partial charge >= 0.3 is 0 Å². The summed E-state index contributed by atoms with van der Waals surface area (Å²) < 4.78 is 26.6. The molecule has 2 rings (SSSR count). The first kappa shape index (κ1) is 15.3. The SMILES string of the molecule is CC(C)N(Cc1ccccc1)c1ccc(N)cc1C(F)F. The molecule has 0 aromatic heterocycles. The van der Waals surface area contributed by atoms with Crippen molar-refractivity contribution in [2.24, 2.45) is 0 Å². The number of rotatable bonds is 5. The van der Waals surface area contributed by atoms with Crippen molar-refractivity contribution in [1.82, 2.24) is 0 Å². The fraction of sp³-hybridized carbons (Fsp3) is 0.294. The van der Waals surface area contributed by atoms with E-state index in [1.165, 1.54) is 6.07 Å². The molecule has 0 unspecified atom stereocenters. The van der Waals surface area contributed by atoms with Gasteiger partial charge in [0.2, 0.25) is 0 Å². The molecule has 0 aliphatic heterocycles. The highest BCUT2D eigenvalue weighted by atomic mass is 19.3. The van der Waals surface area contributed by atoms with Gasteiger partial charge in [0.05, 0.1) is 0 Å². The number of halogens is 2. The maximum absolute atomic E-state index is 13.3. The van der Waals surface area contributed by atoms with Crippen LogP contribution in [0, 0.1) is 0 Å². The molecule has 2 aromatic carbocycles. The van der Waals surface area contributed by atoms with Crippen LogP contribution >= 0.6 is 0 Å². The van der Waals surface area contributed by atoms with E-state index >= 15 is 0 Å². The van der Waals surface area contributed by atoms with Gasteiger partial charge in [-0.1, -0.05) is 30.3 Å². The number of nitrogen functional groups attached to an aromatic ring is 1. The first-order chi connectivity index (χ1) is 9.99. The van der Waals surface area contributed by atoms with E-state index < -0.39 is 6.43 Å². The van der Waals surface area contributed by atoms with Gasteiger partial charge in [-0.3, -0.25) is 0 Å². The second-order valence-corrected chi connectivity index (χ2v) is 5.33. The normalized spacial score (nSPS) is 11.1. The first-order valence-corrected chi connectivity index (χ1v) is 6.97.